The summed E-state index contributed by atoms with van der Waals surface area (Å²) in [5.41, 5.74) is 2.96. The lowest BCUT2D eigenvalue weighted by atomic mass is 10.0. The van der Waals surface area contributed by atoms with Gasteiger partial charge >= 0.3 is 0 Å². The van der Waals surface area contributed by atoms with E-state index < -0.39 is 0 Å². The van der Waals surface area contributed by atoms with E-state index in [4.69, 9.17) is 10.6 Å². The molecule has 1 unspecified atom stereocenters. The molecular formula is C14H21N3O2. The van der Waals surface area contributed by atoms with Crippen LogP contribution < -0.4 is 11.3 Å². The quantitative estimate of drug-likeness (QED) is 0.481. The van der Waals surface area contributed by atoms with Gasteiger partial charge in [0.25, 0.3) is 5.91 Å². The average Bonchev–Trinajstić information content (AvgIpc) is 2.39. The summed E-state index contributed by atoms with van der Waals surface area (Å²) in [6.07, 6.45) is 0. The summed E-state index contributed by atoms with van der Waals surface area (Å²) in [7, 11) is 0. The van der Waals surface area contributed by atoms with Crippen molar-refractivity contribution in [2.45, 2.75) is 25.5 Å². The molecule has 0 aliphatic carbocycles. The molecule has 1 aliphatic rings. The van der Waals surface area contributed by atoms with Crippen molar-refractivity contribution >= 4 is 5.91 Å². The number of hydrogen-bond donors (Lipinski definition) is 2. The van der Waals surface area contributed by atoms with Gasteiger partial charge < -0.3 is 4.74 Å². The Kier molecular flexibility index (Phi) is 4.19. The molecule has 0 aromatic heterocycles. The first-order chi connectivity index (χ1) is 9.03. The first-order valence-corrected chi connectivity index (χ1v) is 6.47. The summed E-state index contributed by atoms with van der Waals surface area (Å²) in [4.78, 5) is 14.2. The molecule has 104 valence electrons. The van der Waals surface area contributed by atoms with Crippen molar-refractivity contribution in [3.63, 3.8) is 0 Å². The zero-order chi connectivity index (χ0) is 13.9. The number of ether oxygens (including phenoxy) is 1. The molecule has 1 aromatic carbocycles. The van der Waals surface area contributed by atoms with Crippen LogP contribution in [0, 0.1) is 0 Å². The second kappa shape index (κ2) is 5.69. The Bertz CT molecular complexity index is 434. The Morgan fingerprint density at radius 3 is 2.68 bits per heavy atom. The second-order valence-electron chi connectivity index (χ2n) is 5.40. The van der Waals surface area contributed by atoms with E-state index >= 15 is 0 Å². The average molecular weight is 263 g/mol. The number of rotatable bonds is 3. The second-order valence-corrected chi connectivity index (χ2v) is 5.40. The maximum atomic E-state index is 12.1. The fraction of sp³-hybridized carbons (Fsp3) is 0.500. The predicted octanol–water partition coefficient (Wildman–Crippen LogP) is 0.828. The van der Waals surface area contributed by atoms with E-state index in [-0.39, 0.29) is 17.6 Å². The van der Waals surface area contributed by atoms with Gasteiger partial charge in [-0.2, -0.15) is 0 Å². The van der Waals surface area contributed by atoms with Gasteiger partial charge in [-0.15, -0.1) is 0 Å². The molecule has 2 rings (SSSR count). The van der Waals surface area contributed by atoms with Crippen molar-refractivity contribution in [3.8, 4) is 0 Å². The van der Waals surface area contributed by atoms with E-state index in [9.17, 15) is 4.79 Å². The van der Waals surface area contributed by atoms with Crippen LogP contribution in [-0.2, 0) is 9.53 Å². The zero-order valence-corrected chi connectivity index (χ0v) is 11.4. The minimum Gasteiger partial charge on any atom is -0.373 e. The highest BCUT2D eigenvalue weighted by Crippen LogP contribution is 2.26. The Morgan fingerprint density at radius 2 is 2.11 bits per heavy atom. The summed E-state index contributed by atoms with van der Waals surface area (Å²) >= 11 is 0. The van der Waals surface area contributed by atoms with Crippen LogP contribution in [0.4, 0.5) is 0 Å². The number of nitrogens with one attached hydrogen (secondary N) is 1. The lowest BCUT2D eigenvalue weighted by Gasteiger charge is -2.41. The molecule has 1 heterocycles. The molecule has 1 saturated heterocycles. The Labute approximate surface area is 113 Å². The molecule has 5 heteroatoms. The number of nitrogens with zero attached hydrogens (tertiary/aromatic N) is 1. The topological polar surface area (TPSA) is 67.6 Å². The molecule has 1 aromatic rings. The number of nitrogens with two attached hydrogens (primary N) is 1. The van der Waals surface area contributed by atoms with Crippen LogP contribution in [0.25, 0.3) is 0 Å². The van der Waals surface area contributed by atoms with Crippen molar-refractivity contribution < 1.29 is 9.53 Å². The van der Waals surface area contributed by atoms with E-state index in [1.54, 1.807) is 0 Å². The maximum absolute atomic E-state index is 12.1. The van der Waals surface area contributed by atoms with E-state index in [2.05, 4.69) is 10.3 Å². The number of carbonyl (C=O) groups excluding carboxylic acids is 1. The fourth-order valence-corrected chi connectivity index (χ4v) is 2.52. The van der Waals surface area contributed by atoms with Gasteiger partial charge in [0, 0.05) is 13.1 Å². The first-order valence-electron chi connectivity index (χ1n) is 6.47. The van der Waals surface area contributed by atoms with Gasteiger partial charge in [-0.1, -0.05) is 30.3 Å². The van der Waals surface area contributed by atoms with Gasteiger partial charge in [0.1, 0.15) is 6.04 Å². The highest BCUT2D eigenvalue weighted by atomic mass is 16.5. The van der Waals surface area contributed by atoms with Gasteiger partial charge in [0.15, 0.2) is 0 Å². The molecule has 1 aliphatic heterocycles. The zero-order valence-electron chi connectivity index (χ0n) is 11.4. The number of carbonyl (C=O) groups is 1. The van der Waals surface area contributed by atoms with Gasteiger partial charge in [-0.25, -0.2) is 5.84 Å². The molecule has 0 radical (unpaired) electrons. The van der Waals surface area contributed by atoms with Crippen LogP contribution in [-0.4, -0.2) is 36.1 Å². The Morgan fingerprint density at radius 1 is 1.42 bits per heavy atom. The molecule has 5 nitrogen and oxygen atoms in total. The standard InChI is InChI=1S/C14H21N3O2/c1-14(2)10-17(8-9-19-14)12(13(18)16-15)11-6-4-3-5-7-11/h3-7,12H,8-10,15H2,1-2H3,(H,16,18). The monoisotopic (exact) mass is 263 g/mol. The molecule has 0 spiro atoms. The van der Waals surface area contributed by atoms with Crippen LogP contribution in [0.1, 0.15) is 25.5 Å². The first kappa shape index (κ1) is 14.0. The third kappa shape index (κ3) is 3.32. The molecule has 1 amide bonds. The van der Waals surface area contributed by atoms with Crippen molar-refractivity contribution in [1.82, 2.24) is 10.3 Å². The van der Waals surface area contributed by atoms with Crippen LogP contribution in [0.5, 0.6) is 0 Å². The number of hydrazine groups is 1. The van der Waals surface area contributed by atoms with Crippen LogP contribution in [0.2, 0.25) is 0 Å². The number of morpholine rings is 1. The molecule has 1 atom stereocenters. The Balaban J connectivity index is 2.26. The summed E-state index contributed by atoms with van der Waals surface area (Å²) < 4.78 is 5.69. The molecule has 3 N–H and O–H groups in total. The lowest BCUT2D eigenvalue weighted by Crippen LogP contribution is -2.53. The molecule has 1 fully saturated rings. The highest BCUT2D eigenvalue weighted by molar-refractivity contribution is 5.82. The third-order valence-electron chi connectivity index (χ3n) is 3.33. The summed E-state index contributed by atoms with van der Waals surface area (Å²) in [5, 5.41) is 0. The number of hydrogen-bond acceptors (Lipinski definition) is 4. The van der Waals surface area contributed by atoms with Crippen molar-refractivity contribution in [2.75, 3.05) is 19.7 Å². The van der Waals surface area contributed by atoms with Gasteiger partial charge in [-0.3, -0.25) is 15.1 Å². The summed E-state index contributed by atoms with van der Waals surface area (Å²) in [6, 6.07) is 9.32. The minimum absolute atomic E-state index is 0.191. The molecule has 0 saturated carbocycles. The van der Waals surface area contributed by atoms with E-state index in [1.807, 2.05) is 44.2 Å². The van der Waals surface area contributed by atoms with Gasteiger partial charge in [0.2, 0.25) is 0 Å². The van der Waals surface area contributed by atoms with Crippen LogP contribution in [0.3, 0.4) is 0 Å². The van der Waals surface area contributed by atoms with Crippen LogP contribution >= 0.6 is 0 Å². The van der Waals surface area contributed by atoms with E-state index in [0.29, 0.717) is 13.2 Å². The number of amides is 1. The third-order valence-corrected chi connectivity index (χ3v) is 3.33. The smallest absolute Gasteiger partial charge is 0.255 e. The summed E-state index contributed by atoms with van der Waals surface area (Å²) in [6.45, 7) is 6.09. The van der Waals surface area contributed by atoms with E-state index in [0.717, 1.165) is 12.1 Å². The van der Waals surface area contributed by atoms with Crippen molar-refractivity contribution in [2.24, 2.45) is 5.84 Å². The molecule has 19 heavy (non-hydrogen) atoms. The summed E-state index contributed by atoms with van der Waals surface area (Å²) in [5.74, 6) is 5.14. The van der Waals surface area contributed by atoms with Gasteiger partial charge in [-0.05, 0) is 19.4 Å². The SMILES string of the molecule is CC1(C)CN(C(C(=O)NN)c2ccccc2)CCO1. The van der Waals surface area contributed by atoms with Crippen LogP contribution in [0.15, 0.2) is 30.3 Å². The van der Waals surface area contributed by atoms with E-state index in [1.165, 1.54) is 0 Å². The lowest BCUT2D eigenvalue weighted by molar-refractivity contribution is -0.135. The highest BCUT2D eigenvalue weighted by Gasteiger charge is 2.35. The molecule has 0 bridgehead atoms. The predicted molar refractivity (Wildman–Crippen MR) is 73.1 cm³/mol. The molecular weight excluding hydrogens is 242 g/mol. The largest absolute Gasteiger partial charge is 0.373 e. The maximum Gasteiger partial charge on any atom is 0.255 e. The fourth-order valence-electron chi connectivity index (χ4n) is 2.52. The van der Waals surface area contributed by atoms with Gasteiger partial charge in [0.05, 0.1) is 12.2 Å². The van der Waals surface area contributed by atoms with Crippen molar-refractivity contribution in [1.29, 1.82) is 0 Å². The Hall–Kier alpha value is -1.43. The van der Waals surface area contributed by atoms with Crippen molar-refractivity contribution in [3.05, 3.63) is 35.9 Å². The minimum atomic E-state index is -0.366. The normalized spacial score (nSPS) is 20.8. The number of benzene rings is 1.